The lowest BCUT2D eigenvalue weighted by Gasteiger charge is -2.24. The molecule has 0 bridgehead atoms. The maximum atomic E-state index is 12.0. The summed E-state index contributed by atoms with van der Waals surface area (Å²) >= 11 is 0. The number of hydrogen-bond donors (Lipinski definition) is 1. The van der Waals surface area contributed by atoms with Crippen LogP contribution in [0.15, 0.2) is 24.3 Å². The number of nitrogens with one attached hydrogen (secondary N) is 1. The lowest BCUT2D eigenvalue weighted by Crippen LogP contribution is -2.36. The third-order valence-corrected chi connectivity index (χ3v) is 3.10. The van der Waals surface area contributed by atoms with Gasteiger partial charge in [0.25, 0.3) is 0 Å². The number of carbonyl (C=O) groups excluding carboxylic acids is 2. The monoisotopic (exact) mass is 322 g/mol. The molecule has 1 N–H and O–H groups in total. The second kappa shape index (κ2) is 7.85. The summed E-state index contributed by atoms with van der Waals surface area (Å²) in [4.78, 5) is 25.6. The van der Waals surface area contributed by atoms with E-state index in [1.54, 1.807) is 20.8 Å². The van der Waals surface area contributed by atoms with Crippen LogP contribution in [0.3, 0.4) is 0 Å². The standard InChI is InChI=1S/C17H26N2O4/c1-17(2,3)23-16(21)18-14(11-15(20)22-6)12-7-9-13(10-8-12)19(4)5/h7-10,14H,11H2,1-6H3,(H,18,21)/t14-/m0/s1. The highest BCUT2D eigenvalue weighted by molar-refractivity contribution is 5.73. The number of rotatable bonds is 5. The number of esters is 1. The van der Waals surface area contributed by atoms with Gasteiger partial charge < -0.3 is 19.7 Å². The smallest absolute Gasteiger partial charge is 0.408 e. The quantitative estimate of drug-likeness (QED) is 0.844. The molecule has 0 spiro atoms. The van der Waals surface area contributed by atoms with E-state index in [-0.39, 0.29) is 6.42 Å². The molecule has 0 aromatic heterocycles. The van der Waals surface area contributed by atoms with Gasteiger partial charge >= 0.3 is 12.1 Å². The van der Waals surface area contributed by atoms with Crippen LogP contribution < -0.4 is 10.2 Å². The average molecular weight is 322 g/mol. The fourth-order valence-corrected chi connectivity index (χ4v) is 1.96. The molecule has 1 amide bonds. The summed E-state index contributed by atoms with van der Waals surface area (Å²) in [5.41, 5.74) is 1.24. The SMILES string of the molecule is COC(=O)C[C@H](NC(=O)OC(C)(C)C)c1ccc(N(C)C)cc1. The molecule has 0 aliphatic rings. The molecule has 0 radical (unpaired) electrons. The summed E-state index contributed by atoms with van der Waals surface area (Å²) < 4.78 is 9.96. The van der Waals surface area contributed by atoms with Crippen LogP contribution in [-0.2, 0) is 14.3 Å². The molecule has 1 rings (SSSR count). The molecule has 0 saturated carbocycles. The number of alkyl carbamates (subject to hydrolysis) is 1. The Morgan fingerprint density at radius 3 is 2.17 bits per heavy atom. The van der Waals surface area contributed by atoms with E-state index < -0.39 is 23.7 Å². The fourth-order valence-electron chi connectivity index (χ4n) is 1.96. The first kappa shape index (κ1) is 18.8. The Hall–Kier alpha value is -2.24. The minimum Gasteiger partial charge on any atom is -0.469 e. The lowest BCUT2D eigenvalue weighted by molar-refractivity contribution is -0.141. The van der Waals surface area contributed by atoms with E-state index in [1.807, 2.05) is 43.3 Å². The average Bonchev–Trinajstić information content (AvgIpc) is 2.44. The number of nitrogens with zero attached hydrogens (tertiary/aromatic N) is 1. The van der Waals surface area contributed by atoms with Gasteiger partial charge in [-0.2, -0.15) is 0 Å². The van der Waals surface area contributed by atoms with Crippen LogP contribution in [0.1, 0.15) is 38.8 Å². The number of amides is 1. The molecule has 0 aliphatic carbocycles. The van der Waals surface area contributed by atoms with Crippen LogP contribution in [0.2, 0.25) is 0 Å². The molecule has 0 aliphatic heterocycles. The third-order valence-electron chi connectivity index (χ3n) is 3.10. The molecule has 6 nitrogen and oxygen atoms in total. The van der Waals surface area contributed by atoms with Gasteiger partial charge in [-0.15, -0.1) is 0 Å². The van der Waals surface area contributed by atoms with Gasteiger partial charge in [-0.3, -0.25) is 4.79 Å². The topological polar surface area (TPSA) is 67.9 Å². The van der Waals surface area contributed by atoms with Crippen LogP contribution in [0.25, 0.3) is 0 Å². The molecular formula is C17H26N2O4. The van der Waals surface area contributed by atoms with Gasteiger partial charge in [0.05, 0.1) is 19.6 Å². The van der Waals surface area contributed by atoms with E-state index >= 15 is 0 Å². The van der Waals surface area contributed by atoms with Crippen molar-refractivity contribution in [1.82, 2.24) is 5.32 Å². The van der Waals surface area contributed by atoms with Crippen LogP contribution in [0.4, 0.5) is 10.5 Å². The van der Waals surface area contributed by atoms with Crippen molar-refractivity contribution in [3.63, 3.8) is 0 Å². The molecule has 128 valence electrons. The van der Waals surface area contributed by atoms with Crippen molar-refractivity contribution in [1.29, 1.82) is 0 Å². The van der Waals surface area contributed by atoms with Crippen molar-refractivity contribution in [2.45, 2.75) is 38.8 Å². The summed E-state index contributed by atoms with van der Waals surface area (Å²) in [5, 5.41) is 2.73. The van der Waals surface area contributed by atoms with E-state index in [0.29, 0.717) is 0 Å². The minimum absolute atomic E-state index is 0.0387. The van der Waals surface area contributed by atoms with E-state index in [9.17, 15) is 9.59 Å². The molecule has 0 saturated heterocycles. The number of carbonyl (C=O) groups is 2. The van der Waals surface area contributed by atoms with Crippen molar-refractivity contribution < 1.29 is 19.1 Å². The Kier molecular flexibility index (Phi) is 6.42. The molecule has 0 heterocycles. The number of methoxy groups -OCH3 is 1. The van der Waals surface area contributed by atoms with Crippen molar-refractivity contribution in [2.24, 2.45) is 0 Å². The largest absolute Gasteiger partial charge is 0.469 e. The third kappa shape index (κ3) is 6.59. The summed E-state index contributed by atoms with van der Waals surface area (Å²) in [7, 11) is 5.21. The number of ether oxygens (including phenoxy) is 2. The Labute approximate surface area is 137 Å². The highest BCUT2D eigenvalue weighted by Gasteiger charge is 2.23. The number of hydrogen-bond acceptors (Lipinski definition) is 5. The predicted molar refractivity (Wildman–Crippen MR) is 89.5 cm³/mol. The second-order valence-corrected chi connectivity index (χ2v) is 6.47. The van der Waals surface area contributed by atoms with Crippen molar-refractivity contribution in [2.75, 3.05) is 26.1 Å². The zero-order valence-electron chi connectivity index (χ0n) is 14.7. The van der Waals surface area contributed by atoms with E-state index in [4.69, 9.17) is 9.47 Å². The Balaban J connectivity index is 2.91. The highest BCUT2D eigenvalue weighted by atomic mass is 16.6. The first-order valence-electron chi connectivity index (χ1n) is 7.46. The van der Waals surface area contributed by atoms with E-state index in [0.717, 1.165) is 11.3 Å². The fraction of sp³-hybridized carbons (Fsp3) is 0.529. The summed E-state index contributed by atoms with van der Waals surface area (Å²) in [6, 6.07) is 7.10. The van der Waals surface area contributed by atoms with Crippen molar-refractivity contribution in [3.8, 4) is 0 Å². The second-order valence-electron chi connectivity index (χ2n) is 6.47. The van der Waals surface area contributed by atoms with Gasteiger partial charge in [-0.25, -0.2) is 4.79 Å². The van der Waals surface area contributed by atoms with Gasteiger partial charge in [-0.05, 0) is 38.5 Å². The molecule has 23 heavy (non-hydrogen) atoms. The first-order chi connectivity index (χ1) is 10.6. The molecule has 6 heteroatoms. The van der Waals surface area contributed by atoms with Crippen LogP contribution >= 0.6 is 0 Å². The predicted octanol–water partition coefficient (Wildman–Crippen LogP) is 2.88. The van der Waals surface area contributed by atoms with Crippen LogP contribution in [0.5, 0.6) is 0 Å². The Morgan fingerprint density at radius 1 is 1.17 bits per heavy atom. The molecule has 1 atom stereocenters. The van der Waals surface area contributed by atoms with E-state index in [2.05, 4.69) is 5.32 Å². The zero-order chi connectivity index (χ0) is 17.6. The van der Waals surface area contributed by atoms with Gasteiger partial charge in [0.2, 0.25) is 0 Å². The van der Waals surface area contributed by atoms with Gasteiger partial charge in [0.1, 0.15) is 5.60 Å². The van der Waals surface area contributed by atoms with Gasteiger partial charge in [-0.1, -0.05) is 12.1 Å². The lowest BCUT2D eigenvalue weighted by atomic mass is 10.0. The number of benzene rings is 1. The first-order valence-corrected chi connectivity index (χ1v) is 7.46. The summed E-state index contributed by atoms with van der Waals surface area (Å²) in [5.74, 6) is -0.400. The molecule has 1 aromatic carbocycles. The molecule has 0 unspecified atom stereocenters. The highest BCUT2D eigenvalue weighted by Crippen LogP contribution is 2.21. The zero-order valence-corrected chi connectivity index (χ0v) is 14.7. The minimum atomic E-state index is -0.603. The van der Waals surface area contributed by atoms with E-state index in [1.165, 1.54) is 7.11 Å². The van der Waals surface area contributed by atoms with Crippen LogP contribution in [-0.4, -0.2) is 38.9 Å². The van der Waals surface area contributed by atoms with Crippen molar-refractivity contribution in [3.05, 3.63) is 29.8 Å². The Bertz CT molecular complexity index is 533. The number of anilines is 1. The normalized spacial score (nSPS) is 12.3. The Morgan fingerprint density at radius 2 is 1.74 bits per heavy atom. The molecular weight excluding hydrogens is 296 g/mol. The summed E-state index contributed by atoms with van der Waals surface area (Å²) in [6.45, 7) is 5.36. The summed E-state index contributed by atoms with van der Waals surface area (Å²) in [6.07, 6.45) is -0.528. The van der Waals surface area contributed by atoms with Crippen LogP contribution in [0, 0.1) is 0 Å². The maximum Gasteiger partial charge on any atom is 0.408 e. The van der Waals surface area contributed by atoms with Crippen molar-refractivity contribution >= 4 is 17.7 Å². The molecule has 1 aromatic rings. The van der Waals surface area contributed by atoms with Gasteiger partial charge in [0, 0.05) is 19.8 Å². The maximum absolute atomic E-state index is 12.0. The molecule has 0 fully saturated rings. The van der Waals surface area contributed by atoms with Gasteiger partial charge in [0.15, 0.2) is 0 Å².